The molecule has 2 aliphatic rings. The molecule has 1 aromatic carbocycles. The van der Waals surface area contributed by atoms with E-state index in [4.69, 9.17) is 10.9 Å². The lowest BCUT2D eigenvalue weighted by atomic mass is 10.1. The van der Waals surface area contributed by atoms with Crippen molar-refractivity contribution in [2.24, 2.45) is 10.9 Å². The highest BCUT2D eigenvalue weighted by atomic mass is 16.4. The molecule has 5 nitrogen and oxygen atoms in total. The first-order valence-electron chi connectivity index (χ1n) is 7.11. The third kappa shape index (κ3) is 2.13. The maximum Gasteiger partial charge on any atom is 0.254 e. The van der Waals surface area contributed by atoms with Gasteiger partial charge in [0.15, 0.2) is 5.84 Å². The molecule has 3 rings (SSSR count). The van der Waals surface area contributed by atoms with Gasteiger partial charge in [-0.2, -0.15) is 0 Å². The van der Waals surface area contributed by atoms with Gasteiger partial charge < -0.3 is 15.8 Å². The lowest BCUT2D eigenvalue weighted by molar-refractivity contribution is 0.0768. The third-order valence-corrected chi connectivity index (χ3v) is 4.32. The van der Waals surface area contributed by atoms with E-state index in [2.05, 4.69) is 11.2 Å². The predicted octanol–water partition coefficient (Wildman–Crippen LogP) is 1.53. The molecule has 1 heterocycles. The van der Waals surface area contributed by atoms with Crippen LogP contribution in [-0.2, 0) is 12.8 Å². The Kier molecular flexibility index (Phi) is 3.34. The Hall–Kier alpha value is -2.04. The SMILES string of the molecule is NC(=NO)C1CCCN1C(=O)c1ccc2c(c1)CCC2. The summed E-state index contributed by atoms with van der Waals surface area (Å²) in [4.78, 5) is 14.3. The van der Waals surface area contributed by atoms with Crippen LogP contribution in [0.25, 0.3) is 0 Å². The van der Waals surface area contributed by atoms with E-state index in [0.29, 0.717) is 12.1 Å². The van der Waals surface area contributed by atoms with Gasteiger partial charge in [-0.15, -0.1) is 0 Å². The van der Waals surface area contributed by atoms with Crippen LogP contribution >= 0.6 is 0 Å². The summed E-state index contributed by atoms with van der Waals surface area (Å²) < 4.78 is 0. The van der Waals surface area contributed by atoms with Crippen LogP contribution in [0, 0.1) is 0 Å². The summed E-state index contributed by atoms with van der Waals surface area (Å²) in [6.07, 6.45) is 4.98. The Morgan fingerprint density at radius 1 is 1.30 bits per heavy atom. The van der Waals surface area contributed by atoms with E-state index in [1.807, 2.05) is 12.1 Å². The van der Waals surface area contributed by atoms with Crippen molar-refractivity contribution in [3.63, 3.8) is 0 Å². The van der Waals surface area contributed by atoms with Crippen molar-refractivity contribution in [2.45, 2.75) is 38.1 Å². The smallest absolute Gasteiger partial charge is 0.254 e. The van der Waals surface area contributed by atoms with Crippen molar-refractivity contribution >= 4 is 11.7 Å². The van der Waals surface area contributed by atoms with Crippen molar-refractivity contribution in [3.05, 3.63) is 34.9 Å². The number of benzene rings is 1. The highest BCUT2D eigenvalue weighted by Gasteiger charge is 2.32. The van der Waals surface area contributed by atoms with Gasteiger partial charge in [-0.05, 0) is 55.4 Å². The number of nitrogens with two attached hydrogens (primary N) is 1. The standard InChI is InChI=1S/C15H19N3O2/c16-14(17-20)13-5-2-8-18(13)15(19)12-7-6-10-3-1-4-11(10)9-12/h6-7,9,13,20H,1-5,8H2,(H2,16,17). The van der Waals surface area contributed by atoms with E-state index in [1.165, 1.54) is 17.5 Å². The minimum atomic E-state index is -0.277. The largest absolute Gasteiger partial charge is 0.409 e. The minimum Gasteiger partial charge on any atom is -0.409 e. The number of oxime groups is 1. The second-order valence-electron chi connectivity index (χ2n) is 5.52. The molecule has 0 aromatic heterocycles. The Morgan fingerprint density at radius 2 is 2.10 bits per heavy atom. The number of likely N-dealkylation sites (tertiary alicyclic amines) is 1. The number of amides is 1. The Labute approximate surface area is 118 Å². The summed E-state index contributed by atoms with van der Waals surface area (Å²) in [6.45, 7) is 0.663. The Morgan fingerprint density at radius 3 is 2.90 bits per heavy atom. The van der Waals surface area contributed by atoms with Crippen LogP contribution in [0.15, 0.2) is 23.4 Å². The van der Waals surface area contributed by atoms with Crippen LogP contribution in [-0.4, -0.2) is 34.4 Å². The number of carbonyl (C=O) groups is 1. The lowest BCUT2D eigenvalue weighted by Crippen LogP contribution is -2.43. The number of amidine groups is 1. The second-order valence-corrected chi connectivity index (χ2v) is 5.52. The molecule has 0 bridgehead atoms. The van der Waals surface area contributed by atoms with Gasteiger partial charge in [0.25, 0.3) is 5.91 Å². The first-order chi connectivity index (χ1) is 9.70. The zero-order valence-electron chi connectivity index (χ0n) is 11.4. The maximum atomic E-state index is 12.6. The molecule has 20 heavy (non-hydrogen) atoms. The number of carbonyl (C=O) groups excluding carboxylic acids is 1. The van der Waals surface area contributed by atoms with Crippen LogP contribution in [0.5, 0.6) is 0 Å². The van der Waals surface area contributed by atoms with Crippen LogP contribution in [0.3, 0.4) is 0 Å². The highest BCUT2D eigenvalue weighted by Crippen LogP contribution is 2.25. The van der Waals surface area contributed by atoms with Crippen LogP contribution in [0.4, 0.5) is 0 Å². The molecule has 0 saturated carbocycles. The number of hydrogen-bond acceptors (Lipinski definition) is 3. The maximum absolute atomic E-state index is 12.6. The number of fused-ring (bicyclic) bond motifs is 1. The van der Waals surface area contributed by atoms with Crippen molar-refractivity contribution in [2.75, 3.05) is 6.54 Å². The lowest BCUT2D eigenvalue weighted by Gasteiger charge is -2.23. The molecule has 1 atom stereocenters. The summed E-state index contributed by atoms with van der Waals surface area (Å²) in [6, 6.07) is 5.69. The van der Waals surface area contributed by atoms with E-state index in [0.717, 1.165) is 25.7 Å². The van der Waals surface area contributed by atoms with E-state index in [1.54, 1.807) is 4.90 Å². The highest BCUT2D eigenvalue weighted by molar-refractivity contribution is 5.98. The fourth-order valence-electron chi connectivity index (χ4n) is 3.25. The quantitative estimate of drug-likeness (QED) is 0.371. The van der Waals surface area contributed by atoms with E-state index in [-0.39, 0.29) is 17.8 Å². The summed E-state index contributed by atoms with van der Waals surface area (Å²) in [5, 5.41) is 11.9. The molecular weight excluding hydrogens is 254 g/mol. The topological polar surface area (TPSA) is 78.9 Å². The van der Waals surface area contributed by atoms with Crippen LogP contribution in [0.2, 0.25) is 0 Å². The molecule has 5 heteroatoms. The molecule has 1 amide bonds. The van der Waals surface area contributed by atoms with Crippen molar-refractivity contribution in [1.82, 2.24) is 4.90 Å². The summed E-state index contributed by atoms with van der Waals surface area (Å²) in [5.41, 5.74) is 9.04. The summed E-state index contributed by atoms with van der Waals surface area (Å²) >= 11 is 0. The molecule has 1 aliphatic carbocycles. The third-order valence-electron chi connectivity index (χ3n) is 4.32. The minimum absolute atomic E-state index is 0.0196. The fraction of sp³-hybridized carbons (Fsp3) is 0.467. The van der Waals surface area contributed by atoms with Gasteiger partial charge in [0.2, 0.25) is 0 Å². The van der Waals surface area contributed by atoms with Crippen LogP contribution < -0.4 is 5.73 Å². The van der Waals surface area contributed by atoms with Crippen molar-refractivity contribution < 1.29 is 10.0 Å². The first-order valence-corrected chi connectivity index (χ1v) is 7.11. The number of nitrogens with zero attached hydrogens (tertiary/aromatic N) is 2. The zero-order valence-corrected chi connectivity index (χ0v) is 11.4. The second kappa shape index (κ2) is 5.15. The van der Waals surface area contributed by atoms with E-state index in [9.17, 15) is 4.79 Å². The van der Waals surface area contributed by atoms with Gasteiger partial charge in [0.1, 0.15) is 0 Å². The van der Waals surface area contributed by atoms with Gasteiger partial charge in [-0.3, -0.25) is 4.79 Å². The molecule has 0 spiro atoms. The zero-order chi connectivity index (χ0) is 14.1. The summed E-state index contributed by atoms with van der Waals surface area (Å²) in [7, 11) is 0. The number of aryl methyl sites for hydroxylation is 2. The summed E-state index contributed by atoms with van der Waals surface area (Å²) in [5.74, 6) is 0.103. The van der Waals surface area contributed by atoms with Gasteiger partial charge in [0, 0.05) is 12.1 Å². The Bertz CT molecular complexity index is 568. The molecule has 1 aliphatic heterocycles. The van der Waals surface area contributed by atoms with Gasteiger partial charge in [-0.25, -0.2) is 0 Å². The fourth-order valence-corrected chi connectivity index (χ4v) is 3.25. The van der Waals surface area contributed by atoms with Gasteiger partial charge >= 0.3 is 0 Å². The van der Waals surface area contributed by atoms with E-state index >= 15 is 0 Å². The molecule has 0 radical (unpaired) electrons. The molecule has 3 N–H and O–H groups in total. The predicted molar refractivity (Wildman–Crippen MR) is 75.9 cm³/mol. The van der Waals surface area contributed by atoms with Crippen molar-refractivity contribution in [1.29, 1.82) is 0 Å². The normalized spacial score (nSPS) is 22.1. The van der Waals surface area contributed by atoms with E-state index < -0.39 is 0 Å². The average Bonchev–Trinajstić information content (AvgIpc) is 3.13. The first kappa shape index (κ1) is 13.0. The van der Waals surface area contributed by atoms with Crippen LogP contribution in [0.1, 0.15) is 40.7 Å². The molecule has 1 aromatic rings. The number of hydrogen-bond donors (Lipinski definition) is 2. The molecule has 1 fully saturated rings. The molecule has 1 saturated heterocycles. The molecular formula is C15H19N3O2. The molecule has 106 valence electrons. The monoisotopic (exact) mass is 273 g/mol. The average molecular weight is 273 g/mol. The van der Waals surface area contributed by atoms with Gasteiger partial charge in [-0.1, -0.05) is 11.2 Å². The molecule has 1 unspecified atom stereocenters. The van der Waals surface area contributed by atoms with Crippen molar-refractivity contribution in [3.8, 4) is 0 Å². The number of rotatable bonds is 2. The Balaban J connectivity index is 1.85. The van der Waals surface area contributed by atoms with Gasteiger partial charge in [0.05, 0.1) is 6.04 Å².